The molecule has 15 heteroatoms. The fourth-order valence-electron chi connectivity index (χ4n) is 7.40. The number of halogens is 1. The molecule has 5 aromatic rings. The lowest BCUT2D eigenvalue weighted by Gasteiger charge is -2.21. The number of fused-ring (bicyclic) bond motifs is 4. The van der Waals surface area contributed by atoms with E-state index < -0.39 is 12.1 Å². The first-order chi connectivity index (χ1) is 27.1. The third kappa shape index (κ3) is 8.40. The predicted molar refractivity (Wildman–Crippen MR) is 214 cm³/mol. The number of ketones is 3. The molecule has 0 amide bonds. The standard InChI is InChI=1S/C41H45ClN6O7S/c1-25-26(2)56-40-37(25)38(28-10-12-29(42)13-11-28)43-32(39-45-44-27(3)47(39)40)23-30(49)7-6-17-53-19-21-55-22-20-54-18-16-46-33-8-4-5-9-34(33)48(41(46)52)35-15-14-31(50)24-36(35)51/h4-5,8-13,32,35H,6-7,14-24H2,1-3H3/t32-,35?/m0/s1. The van der Waals surface area contributed by atoms with Gasteiger partial charge in [0.15, 0.2) is 11.6 Å². The number of hydrogen-bond acceptors (Lipinski definition) is 11. The summed E-state index contributed by atoms with van der Waals surface area (Å²) in [6.07, 6.45) is 1.63. The second-order valence-electron chi connectivity index (χ2n) is 14.1. The summed E-state index contributed by atoms with van der Waals surface area (Å²) in [4.78, 5) is 57.5. The van der Waals surface area contributed by atoms with Gasteiger partial charge in [-0.3, -0.25) is 33.1 Å². The average molecular weight is 801 g/mol. The Morgan fingerprint density at radius 2 is 1.59 bits per heavy atom. The fraction of sp³-hybridized carbons (Fsp3) is 0.439. The van der Waals surface area contributed by atoms with Crippen molar-refractivity contribution in [2.24, 2.45) is 4.99 Å². The van der Waals surface area contributed by atoms with Crippen LogP contribution in [-0.4, -0.2) is 86.6 Å². The van der Waals surface area contributed by atoms with Crippen LogP contribution in [0.5, 0.6) is 0 Å². The van der Waals surface area contributed by atoms with Crippen molar-refractivity contribution < 1.29 is 28.6 Å². The van der Waals surface area contributed by atoms with Crippen LogP contribution in [0, 0.1) is 20.8 Å². The number of nitrogens with zero attached hydrogens (tertiary/aromatic N) is 6. The normalized spacial score (nSPS) is 16.9. The molecule has 1 saturated carbocycles. The molecule has 1 unspecified atom stereocenters. The summed E-state index contributed by atoms with van der Waals surface area (Å²) in [7, 11) is 0. The second kappa shape index (κ2) is 17.7. The molecule has 1 aliphatic carbocycles. The van der Waals surface area contributed by atoms with Gasteiger partial charge in [0.05, 0.1) is 68.8 Å². The Morgan fingerprint density at radius 3 is 2.32 bits per heavy atom. The molecular formula is C41H45ClN6O7S. The van der Waals surface area contributed by atoms with Crippen molar-refractivity contribution >= 4 is 57.0 Å². The molecule has 0 saturated heterocycles. The summed E-state index contributed by atoms with van der Waals surface area (Å²) in [5.41, 5.74) is 5.05. The topological polar surface area (TPSA) is 149 Å². The Balaban J connectivity index is 0.835. The predicted octanol–water partition coefficient (Wildman–Crippen LogP) is 6.27. The smallest absolute Gasteiger partial charge is 0.329 e. The highest BCUT2D eigenvalue weighted by Crippen LogP contribution is 2.40. The van der Waals surface area contributed by atoms with Crippen molar-refractivity contribution in [1.29, 1.82) is 0 Å². The first-order valence-electron chi connectivity index (χ1n) is 19.0. The van der Waals surface area contributed by atoms with Crippen molar-refractivity contribution in [1.82, 2.24) is 23.9 Å². The van der Waals surface area contributed by atoms with Gasteiger partial charge < -0.3 is 14.2 Å². The minimum atomic E-state index is -0.628. The highest BCUT2D eigenvalue weighted by atomic mass is 35.5. The summed E-state index contributed by atoms with van der Waals surface area (Å²) in [5.74, 6) is 1.19. The Bertz CT molecular complexity index is 2340. The summed E-state index contributed by atoms with van der Waals surface area (Å²) in [6, 6.07) is 13.9. The first kappa shape index (κ1) is 39.6. The Morgan fingerprint density at radius 1 is 0.893 bits per heavy atom. The number of Topliss-reactive ketones (excluding diaryl/α,β-unsaturated/α-hetero) is 3. The largest absolute Gasteiger partial charge is 0.379 e. The van der Waals surface area contributed by atoms with E-state index in [-0.39, 0.29) is 35.9 Å². The van der Waals surface area contributed by atoms with E-state index in [1.807, 2.05) is 60.0 Å². The summed E-state index contributed by atoms with van der Waals surface area (Å²) >= 11 is 7.90. The molecule has 2 aromatic carbocycles. The SMILES string of the molecule is Cc1sc2c(c1C)C(c1ccc(Cl)cc1)=N[C@@H](CC(=O)CCCOCCOCCOCCn1c(=O)n(C3CCC(=O)CC3=O)c3ccccc31)c1nnc(C)n1-2. The zero-order chi connectivity index (χ0) is 39.3. The number of rotatable bonds is 17. The Hall–Kier alpha value is -4.60. The van der Waals surface area contributed by atoms with Crippen LogP contribution in [0.1, 0.15) is 83.8 Å². The van der Waals surface area contributed by atoms with Crippen molar-refractivity contribution in [3.63, 3.8) is 0 Å². The van der Waals surface area contributed by atoms with Gasteiger partial charge in [-0.2, -0.15) is 0 Å². The minimum Gasteiger partial charge on any atom is -0.379 e. The number of hydrogen-bond donors (Lipinski definition) is 0. The van der Waals surface area contributed by atoms with Gasteiger partial charge in [-0.1, -0.05) is 35.9 Å². The number of para-hydroxylation sites is 2. The zero-order valence-electron chi connectivity index (χ0n) is 31.8. The van der Waals surface area contributed by atoms with Crippen LogP contribution in [0.15, 0.2) is 58.3 Å². The zero-order valence-corrected chi connectivity index (χ0v) is 33.4. The molecule has 13 nitrogen and oxygen atoms in total. The summed E-state index contributed by atoms with van der Waals surface area (Å²) in [5, 5.41) is 10.5. The average Bonchev–Trinajstić information content (AvgIpc) is 3.76. The highest BCUT2D eigenvalue weighted by molar-refractivity contribution is 7.15. The van der Waals surface area contributed by atoms with Crippen molar-refractivity contribution in [2.45, 2.75) is 77.9 Å². The lowest BCUT2D eigenvalue weighted by molar-refractivity contribution is -0.132. The van der Waals surface area contributed by atoms with E-state index in [1.165, 1.54) is 9.44 Å². The van der Waals surface area contributed by atoms with Gasteiger partial charge in [0.2, 0.25) is 0 Å². The van der Waals surface area contributed by atoms with Crippen molar-refractivity contribution in [3.8, 4) is 5.00 Å². The van der Waals surface area contributed by atoms with Crippen LogP contribution in [0.4, 0.5) is 0 Å². The van der Waals surface area contributed by atoms with Gasteiger partial charge in [-0.15, -0.1) is 21.5 Å². The molecule has 0 spiro atoms. The van der Waals surface area contributed by atoms with Gasteiger partial charge in [0, 0.05) is 46.9 Å². The third-order valence-corrected chi connectivity index (χ3v) is 11.8. The number of carbonyl (C=O) groups is 3. The van der Waals surface area contributed by atoms with Gasteiger partial charge in [0.1, 0.15) is 28.4 Å². The molecule has 1 aliphatic heterocycles. The lowest BCUT2D eigenvalue weighted by atomic mass is 9.93. The van der Waals surface area contributed by atoms with Crippen LogP contribution in [-0.2, 0) is 35.1 Å². The Labute approximate surface area is 333 Å². The van der Waals surface area contributed by atoms with Crippen LogP contribution < -0.4 is 5.69 Å². The fourth-order valence-corrected chi connectivity index (χ4v) is 8.74. The number of aromatic nitrogens is 5. The van der Waals surface area contributed by atoms with Crippen LogP contribution in [0.25, 0.3) is 16.0 Å². The molecule has 4 heterocycles. The van der Waals surface area contributed by atoms with E-state index in [1.54, 1.807) is 15.9 Å². The summed E-state index contributed by atoms with van der Waals surface area (Å²) in [6.45, 7) is 8.62. The number of benzene rings is 2. The van der Waals surface area contributed by atoms with Gasteiger partial charge in [0.25, 0.3) is 0 Å². The van der Waals surface area contributed by atoms with E-state index in [2.05, 4.69) is 24.0 Å². The molecule has 7 rings (SSSR count). The van der Waals surface area contributed by atoms with Gasteiger partial charge in [-0.25, -0.2) is 4.79 Å². The molecule has 2 aliphatic rings. The lowest BCUT2D eigenvalue weighted by Crippen LogP contribution is -2.35. The number of aryl methyl sites for hydroxylation is 2. The molecule has 3 aromatic heterocycles. The number of ether oxygens (including phenoxy) is 3. The highest BCUT2D eigenvalue weighted by Gasteiger charge is 2.33. The number of imidazole rings is 1. The molecule has 0 N–H and O–H groups in total. The monoisotopic (exact) mass is 800 g/mol. The molecule has 294 valence electrons. The van der Waals surface area contributed by atoms with Crippen LogP contribution in [0.3, 0.4) is 0 Å². The maximum atomic E-state index is 13.4. The van der Waals surface area contributed by atoms with E-state index >= 15 is 0 Å². The number of thiophene rings is 1. The molecule has 56 heavy (non-hydrogen) atoms. The molecular weight excluding hydrogens is 756 g/mol. The maximum absolute atomic E-state index is 13.4. The number of aliphatic imine (C=N–C) groups is 1. The Kier molecular flexibility index (Phi) is 12.5. The molecule has 0 bridgehead atoms. The minimum absolute atomic E-state index is 0.0716. The molecule has 0 radical (unpaired) electrons. The van der Waals surface area contributed by atoms with Crippen LogP contribution in [0.2, 0.25) is 5.02 Å². The van der Waals surface area contributed by atoms with Gasteiger partial charge >= 0.3 is 5.69 Å². The van der Waals surface area contributed by atoms with Crippen molar-refractivity contribution in [3.05, 3.63) is 97.3 Å². The quantitative estimate of drug-likeness (QED) is 0.0784. The molecule has 2 atom stereocenters. The van der Waals surface area contributed by atoms with Crippen molar-refractivity contribution in [2.75, 3.05) is 39.6 Å². The first-order valence-corrected chi connectivity index (χ1v) is 20.2. The second-order valence-corrected chi connectivity index (χ2v) is 15.8. The van der Waals surface area contributed by atoms with E-state index in [0.717, 1.165) is 38.7 Å². The van der Waals surface area contributed by atoms with E-state index in [0.29, 0.717) is 88.2 Å². The third-order valence-electron chi connectivity index (χ3n) is 10.3. The van der Waals surface area contributed by atoms with E-state index in [4.69, 9.17) is 30.8 Å². The van der Waals surface area contributed by atoms with E-state index in [9.17, 15) is 19.2 Å². The number of carbonyl (C=O) groups excluding carboxylic acids is 3. The maximum Gasteiger partial charge on any atom is 0.329 e. The van der Waals surface area contributed by atoms with Gasteiger partial charge in [-0.05, 0) is 63.4 Å². The summed E-state index contributed by atoms with van der Waals surface area (Å²) < 4.78 is 22.3. The van der Waals surface area contributed by atoms with Crippen LogP contribution >= 0.6 is 22.9 Å². The molecule has 1 fully saturated rings.